The lowest BCUT2D eigenvalue weighted by molar-refractivity contribution is -0.343. The van der Waals surface area contributed by atoms with Crippen LogP contribution >= 0.6 is 0 Å². The van der Waals surface area contributed by atoms with Gasteiger partial charge in [-0.3, -0.25) is 0 Å². The Bertz CT molecular complexity index is 624. The second-order valence-corrected chi connectivity index (χ2v) is 7.33. The lowest BCUT2D eigenvalue weighted by atomic mass is 9.82. The standard InChI is InChI=1S/C17H26O12/c1-26-15(25)6-4-27-16(9-5(2-18)10(20)12(22)8(6)9)29-17-14(24)13(23)11(21)7(3-19)28-17/h4-5,7-14,16-24H,2-3H2,1H3. The maximum Gasteiger partial charge on any atom is 0.337 e. The van der Waals surface area contributed by atoms with Crippen LogP contribution in [0.5, 0.6) is 0 Å². The first kappa shape index (κ1) is 22.3. The molecule has 0 spiro atoms. The topological polar surface area (TPSA) is 196 Å². The molecule has 1 saturated carbocycles. The summed E-state index contributed by atoms with van der Waals surface area (Å²) in [5.74, 6) is -3.68. The van der Waals surface area contributed by atoms with Crippen LogP contribution in [0.4, 0.5) is 0 Å². The van der Waals surface area contributed by atoms with Gasteiger partial charge in [0.1, 0.15) is 24.4 Å². The molecule has 1 saturated heterocycles. The highest BCUT2D eigenvalue weighted by Gasteiger charge is 2.58. The van der Waals surface area contributed by atoms with Crippen molar-refractivity contribution in [3.05, 3.63) is 11.8 Å². The Morgan fingerprint density at radius 3 is 2.24 bits per heavy atom. The number of esters is 1. The molecule has 0 amide bonds. The van der Waals surface area contributed by atoms with Crippen molar-refractivity contribution in [3.8, 4) is 0 Å². The number of rotatable bonds is 5. The lowest BCUT2D eigenvalue weighted by Gasteiger charge is -2.43. The number of carbonyl (C=O) groups is 1. The minimum absolute atomic E-state index is 0.0614. The molecule has 3 rings (SSSR count). The summed E-state index contributed by atoms with van der Waals surface area (Å²) in [6.45, 7) is -1.22. The summed E-state index contributed by atoms with van der Waals surface area (Å²) in [6.07, 6.45) is -10.9. The van der Waals surface area contributed by atoms with Crippen LogP contribution in [0, 0.1) is 17.8 Å². The van der Waals surface area contributed by atoms with Crippen LogP contribution in [-0.2, 0) is 23.7 Å². The van der Waals surface area contributed by atoms with Gasteiger partial charge in [0.15, 0.2) is 6.29 Å². The summed E-state index contributed by atoms with van der Waals surface area (Å²) >= 11 is 0. The fourth-order valence-electron chi connectivity index (χ4n) is 4.23. The van der Waals surface area contributed by atoms with Crippen LogP contribution in [0.25, 0.3) is 0 Å². The number of methoxy groups -OCH3 is 1. The normalized spacial score (nSPS) is 47.2. The van der Waals surface area contributed by atoms with Crippen LogP contribution in [-0.4, -0.2) is 111 Å². The maximum atomic E-state index is 12.0. The summed E-state index contributed by atoms with van der Waals surface area (Å²) < 4.78 is 21.0. The second-order valence-electron chi connectivity index (χ2n) is 7.33. The molecule has 0 aromatic heterocycles. The molecule has 2 aliphatic heterocycles. The Balaban J connectivity index is 1.87. The first-order valence-corrected chi connectivity index (χ1v) is 9.13. The van der Waals surface area contributed by atoms with Crippen molar-refractivity contribution < 1.29 is 59.5 Å². The highest BCUT2D eigenvalue weighted by Crippen LogP contribution is 2.47. The van der Waals surface area contributed by atoms with Gasteiger partial charge in [-0.15, -0.1) is 0 Å². The van der Waals surface area contributed by atoms with Crippen LogP contribution in [0.1, 0.15) is 0 Å². The molecule has 0 aromatic carbocycles. The SMILES string of the molecule is COC(=O)C1=COC(OC2OC(CO)C(O)C(O)C2O)C2C(CO)C(O)C(O)C12. The Morgan fingerprint density at radius 2 is 1.66 bits per heavy atom. The molecule has 1 aliphatic carbocycles. The van der Waals surface area contributed by atoms with Gasteiger partial charge in [-0.1, -0.05) is 0 Å². The number of hydrogen-bond acceptors (Lipinski definition) is 12. The van der Waals surface area contributed by atoms with Gasteiger partial charge in [-0.25, -0.2) is 4.79 Å². The quantitative estimate of drug-likeness (QED) is 0.211. The number of fused-ring (bicyclic) bond motifs is 1. The summed E-state index contributed by atoms with van der Waals surface area (Å²) in [4.78, 5) is 12.0. The molecule has 12 nitrogen and oxygen atoms in total. The van der Waals surface area contributed by atoms with E-state index >= 15 is 0 Å². The smallest absolute Gasteiger partial charge is 0.337 e. The van der Waals surface area contributed by atoms with E-state index in [1.165, 1.54) is 0 Å². The van der Waals surface area contributed by atoms with Gasteiger partial charge < -0.3 is 54.7 Å². The zero-order chi connectivity index (χ0) is 21.5. The van der Waals surface area contributed by atoms with E-state index in [4.69, 9.17) is 14.2 Å². The maximum absolute atomic E-state index is 12.0. The molecule has 7 N–H and O–H groups in total. The van der Waals surface area contributed by atoms with Gasteiger partial charge in [0, 0.05) is 24.4 Å². The predicted molar refractivity (Wildman–Crippen MR) is 89.4 cm³/mol. The molecule has 12 heteroatoms. The predicted octanol–water partition coefficient (Wildman–Crippen LogP) is -4.21. The van der Waals surface area contributed by atoms with Gasteiger partial charge >= 0.3 is 5.97 Å². The fourth-order valence-corrected chi connectivity index (χ4v) is 4.23. The molecular formula is C17H26O12. The molecule has 29 heavy (non-hydrogen) atoms. The van der Waals surface area contributed by atoms with Crippen molar-refractivity contribution in [1.29, 1.82) is 0 Å². The van der Waals surface area contributed by atoms with Crippen LogP contribution in [0.15, 0.2) is 11.8 Å². The number of aliphatic hydroxyl groups is 7. The Labute approximate surface area is 165 Å². The number of hydrogen-bond donors (Lipinski definition) is 7. The molecule has 0 aromatic rings. The van der Waals surface area contributed by atoms with E-state index in [-0.39, 0.29) is 5.57 Å². The first-order chi connectivity index (χ1) is 13.8. The number of aliphatic hydroxyl groups excluding tert-OH is 7. The average Bonchev–Trinajstić information content (AvgIpc) is 2.98. The fraction of sp³-hybridized carbons (Fsp3) is 0.824. The third-order valence-electron chi connectivity index (χ3n) is 5.82. The number of ether oxygens (including phenoxy) is 4. The van der Waals surface area contributed by atoms with Gasteiger partial charge in [-0.2, -0.15) is 0 Å². The van der Waals surface area contributed by atoms with Crippen molar-refractivity contribution in [2.24, 2.45) is 17.8 Å². The molecule has 0 bridgehead atoms. The Morgan fingerprint density at radius 1 is 0.966 bits per heavy atom. The lowest BCUT2D eigenvalue weighted by Crippen LogP contribution is -2.60. The number of carbonyl (C=O) groups excluding carboxylic acids is 1. The average molecular weight is 422 g/mol. The van der Waals surface area contributed by atoms with Gasteiger partial charge in [0.25, 0.3) is 0 Å². The largest absolute Gasteiger partial charge is 0.472 e. The van der Waals surface area contributed by atoms with E-state index in [1.807, 2.05) is 0 Å². The van der Waals surface area contributed by atoms with E-state index in [2.05, 4.69) is 4.74 Å². The van der Waals surface area contributed by atoms with E-state index in [0.29, 0.717) is 0 Å². The van der Waals surface area contributed by atoms with Gasteiger partial charge in [-0.05, 0) is 0 Å². The van der Waals surface area contributed by atoms with Crippen molar-refractivity contribution in [2.75, 3.05) is 20.3 Å². The first-order valence-electron chi connectivity index (χ1n) is 9.13. The minimum atomic E-state index is -1.70. The van der Waals surface area contributed by atoms with E-state index in [1.54, 1.807) is 0 Å². The van der Waals surface area contributed by atoms with Crippen molar-refractivity contribution in [3.63, 3.8) is 0 Å². The minimum Gasteiger partial charge on any atom is -0.472 e. The van der Waals surface area contributed by atoms with Crippen molar-refractivity contribution in [1.82, 2.24) is 0 Å². The van der Waals surface area contributed by atoms with Crippen LogP contribution in [0.3, 0.4) is 0 Å². The highest BCUT2D eigenvalue weighted by atomic mass is 16.8. The summed E-state index contributed by atoms with van der Waals surface area (Å²) in [5, 5.41) is 69.7. The van der Waals surface area contributed by atoms with Crippen LogP contribution in [0.2, 0.25) is 0 Å². The van der Waals surface area contributed by atoms with Gasteiger partial charge in [0.2, 0.25) is 6.29 Å². The van der Waals surface area contributed by atoms with Crippen LogP contribution < -0.4 is 0 Å². The monoisotopic (exact) mass is 422 g/mol. The third-order valence-corrected chi connectivity index (χ3v) is 5.82. The zero-order valence-corrected chi connectivity index (χ0v) is 15.5. The summed E-state index contributed by atoms with van der Waals surface area (Å²) in [7, 11) is 1.13. The van der Waals surface area contributed by atoms with E-state index < -0.39 is 86.1 Å². The second kappa shape index (κ2) is 8.79. The Kier molecular flexibility index (Phi) is 6.77. The van der Waals surface area contributed by atoms with Crippen molar-refractivity contribution in [2.45, 2.75) is 49.2 Å². The molecule has 3 aliphatic rings. The third kappa shape index (κ3) is 3.76. The molecule has 11 atom stereocenters. The van der Waals surface area contributed by atoms with Crippen molar-refractivity contribution >= 4 is 5.97 Å². The van der Waals surface area contributed by atoms with E-state index in [9.17, 15) is 40.5 Å². The highest BCUT2D eigenvalue weighted by molar-refractivity contribution is 5.89. The zero-order valence-electron chi connectivity index (χ0n) is 15.5. The molecule has 11 unspecified atom stereocenters. The van der Waals surface area contributed by atoms with Gasteiger partial charge in [0.05, 0.1) is 37.8 Å². The molecule has 2 fully saturated rings. The summed E-state index contributed by atoms with van der Waals surface area (Å²) in [6, 6.07) is 0. The molecular weight excluding hydrogens is 396 g/mol. The summed E-state index contributed by atoms with van der Waals surface area (Å²) in [5.41, 5.74) is -0.0614. The van der Waals surface area contributed by atoms with E-state index in [0.717, 1.165) is 13.4 Å². The Hall–Kier alpha value is -1.35. The molecule has 2 heterocycles. The molecule has 0 radical (unpaired) electrons. The molecule has 166 valence electrons.